The van der Waals surface area contributed by atoms with Gasteiger partial charge in [-0.3, -0.25) is 4.79 Å². The highest BCUT2D eigenvalue weighted by molar-refractivity contribution is 5.95. The van der Waals surface area contributed by atoms with Crippen molar-refractivity contribution in [3.8, 4) is 11.5 Å². The van der Waals surface area contributed by atoms with E-state index in [1.807, 2.05) is 30.9 Å². The van der Waals surface area contributed by atoms with Crippen LogP contribution in [0.4, 0.5) is 5.69 Å². The molecule has 2 aromatic rings. The molecule has 5 heteroatoms. The Morgan fingerprint density at radius 3 is 2.30 bits per heavy atom. The lowest BCUT2D eigenvalue weighted by atomic mass is 10.1. The Morgan fingerprint density at radius 1 is 0.926 bits per heavy atom. The number of amides is 1. The van der Waals surface area contributed by atoms with Crippen LogP contribution in [0.1, 0.15) is 29.8 Å². The largest absolute Gasteiger partial charge is 0.490 e. The number of hydrogen-bond acceptors (Lipinski definition) is 4. The molecule has 0 aromatic heterocycles. The molecule has 1 heterocycles. The molecule has 0 saturated carbocycles. The van der Waals surface area contributed by atoms with E-state index in [1.54, 1.807) is 6.07 Å². The molecule has 144 valence electrons. The van der Waals surface area contributed by atoms with Crippen molar-refractivity contribution >= 4 is 11.6 Å². The second-order valence-corrected chi connectivity index (χ2v) is 6.65. The molecule has 1 aliphatic heterocycles. The zero-order valence-electron chi connectivity index (χ0n) is 16.4. The van der Waals surface area contributed by atoms with Crippen LogP contribution < -0.4 is 14.4 Å². The Kier molecular flexibility index (Phi) is 6.22. The van der Waals surface area contributed by atoms with Crippen LogP contribution in [0, 0.1) is 6.92 Å². The summed E-state index contributed by atoms with van der Waals surface area (Å²) < 4.78 is 11.2. The van der Waals surface area contributed by atoms with E-state index in [9.17, 15) is 4.79 Å². The molecule has 0 bridgehead atoms. The fourth-order valence-corrected chi connectivity index (χ4v) is 3.36. The second-order valence-electron chi connectivity index (χ2n) is 6.65. The van der Waals surface area contributed by atoms with Crippen molar-refractivity contribution < 1.29 is 14.3 Å². The van der Waals surface area contributed by atoms with Gasteiger partial charge >= 0.3 is 0 Å². The lowest BCUT2D eigenvalue weighted by Gasteiger charge is -2.36. The SMILES string of the molecule is CCOc1ccc(C(=O)N2CCN(c3cccc(C)c3)CC2)cc1OCC. The van der Waals surface area contributed by atoms with E-state index >= 15 is 0 Å². The molecule has 0 aliphatic carbocycles. The van der Waals surface area contributed by atoms with Gasteiger partial charge in [0.25, 0.3) is 5.91 Å². The van der Waals surface area contributed by atoms with Crippen LogP contribution >= 0.6 is 0 Å². The molecule has 0 spiro atoms. The van der Waals surface area contributed by atoms with Crippen molar-refractivity contribution in [3.05, 3.63) is 53.6 Å². The van der Waals surface area contributed by atoms with E-state index < -0.39 is 0 Å². The third kappa shape index (κ3) is 4.54. The van der Waals surface area contributed by atoms with Gasteiger partial charge in [0.2, 0.25) is 0 Å². The minimum Gasteiger partial charge on any atom is -0.490 e. The van der Waals surface area contributed by atoms with Gasteiger partial charge in [0.05, 0.1) is 13.2 Å². The molecule has 1 fully saturated rings. The molecular weight excluding hydrogens is 340 g/mol. The number of hydrogen-bond donors (Lipinski definition) is 0. The molecule has 1 aliphatic rings. The normalized spacial score (nSPS) is 14.2. The van der Waals surface area contributed by atoms with Gasteiger partial charge in [0.1, 0.15) is 0 Å². The van der Waals surface area contributed by atoms with E-state index in [1.165, 1.54) is 11.3 Å². The minimum absolute atomic E-state index is 0.0443. The molecule has 0 unspecified atom stereocenters. The van der Waals surface area contributed by atoms with E-state index in [0.29, 0.717) is 43.4 Å². The number of benzene rings is 2. The summed E-state index contributed by atoms with van der Waals surface area (Å²) in [5.41, 5.74) is 3.12. The first-order valence-corrected chi connectivity index (χ1v) is 9.63. The average molecular weight is 368 g/mol. The van der Waals surface area contributed by atoms with Gasteiger partial charge in [0, 0.05) is 37.4 Å². The molecule has 1 saturated heterocycles. The molecule has 2 aromatic carbocycles. The van der Waals surface area contributed by atoms with Crippen LogP contribution in [0.5, 0.6) is 11.5 Å². The average Bonchev–Trinajstić information content (AvgIpc) is 2.69. The van der Waals surface area contributed by atoms with Gasteiger partial charge in [-0.2, -0.15) is 0 Å². The first kappa shape index (κ1) is 19.1. The molecule has 27 heavy (non-hydrogen) atoms. The van der Waals surface area contributed by atoms with Crippen molar-refractivity contribution in [2.24, 2.45) is 0 Å². The number of carbonyl (C=O) groups excluding carboxylic acids is 1. The summed E-state index contributed by atoms with van der Waals surface area (Å²) in [6.07, 6.45) is 0. The van der Waals surface area contributed by atoms with Crippen LogP contribution in [0.25, 0.3) is 0 Å². The quantitative estimate of drug-likeness (QED) is 0.779. The number of aryl methyl sites for hydroxylation is 1. The Bertz CT molecular complexity index is 783. The number of anilines is 1. The summed E-state index contributed by atoms with van der Waals surface area (Å²) in [7, 11) is 0. The zero-order chi connectivity index (χ0) is 19.2. The molecule has 1 amide bonds. The van der Waals surface area contributed by atoms with Gasteiger partial charge in [-0.05, 0) is 56.7 Å². The number of carbonyl (C=O) groups is 1. The standard InChI is InChI=1S/C22H28N2O3/c1-4-26-20-10-9-18(16-21(20)27-5-2)22(25)24-13-11-23(12-14-24)19-8-6-7-17(3)15-19/h6-10,15-16H,4-5,11-14H2,1-3H3. The number of ether oxygens (including phenoxy) is 2. The summed E-state index contributed by atoms with van der Waals surface area (Å²) in [6, 6.07) is 13.9. The second kappa shape index (κ2) is 8.80. The highest BCUT2D eigenvalue weighted by Crippen LogP contribution is 2.29. The molecule has 0 radical (unpaired) electrons. The highest BCUT2D eigenvalue weighted by atomic mass is 16.5. The van der Waals surface area contributed by atoms with Gasteiger partial charge in [-0.15, -0.1) is 0 Å². The summed E-state index contributed by atoms with van der Waals surface area (Å²) >= 11 is 0. The van der Waals surface area contributed by atoms with E-state index in [2.05, 4.69) is 36.1 Å². The Balaban J connectivity index is 1.67. The summed E-state index contributed by atoms with van der Waals surface area (Å²) in [6.45, 7) is 10.2. The van der Waals surface area contributed by atoms with Gasteiger partial charge in [-0.1, -0.05) is 12.1 Å². The fourth-order valence-electron chi connectivity index (χ4n) is 3.36. The molecular formula is C22H28N2O3. The van der Waals surface area contributed by atoms with Gasteiger partial charge in [-0.25, -0.2) is 0 Å². The molecule has 0 N–H and O–H groups in total. The lowest BCUT2D eigenvalue weighted by Crippen LogP contribution is -2.48. The van der Waals surface area contributed by atoms with Crippen molar-refractivity contribution in [2.45, 2.75) is 20.8 Å². The first-order valence-electron chi connectivity index (χ1n) is 9.63. The van der Waals surface area contributed by atoms with Crippen molar-refractivity contribution in [1.29, 1.82) is 0 Å². The monoisotopic (exact) mass is 368 g/mol. The molecule has 0 atom stereocenters. The Labute approximate surface area is 161 Å². The number of piperazine rings is 1. The van der Waals surface area contributed by atoms with Crippen molar-refractivity contribution in [3.63, 3.8) is 0 Å². The fraction of sp³-hybridized carbons (Fsp3) is 0.409. The maximum atomic E-state index is 12.9. The summed E-state index contributed by atoms with van der Waals surface area (Å²) in [5, 5.41) is 0. The smallest absolute Gasteiger partial charge is 0.254 e. The maximum absolute atomic E-state index is 12.9. The van der Waals surface area contributed by atoms with E-state index in [0.717, 1.165) is 13.1 Å². The maximum Gasteiger partial charge on any atom is 0.254 e. The van der Waals surface area contributed by atoms with Crippen LogP contribution in [0.15, 0.2) is 42.5 Å². The highest BCUT2D eigenvalue weighted by Gasteiger charge is 2.23. The van der Waals surface area contributed by atoms with Crippen LogP contribution in [0.2, 0.25) is 0 Å². The van der Waals surface area contributed by atoms with Crippen molar-refractivity contribution in [1.82, 2.24) is 4.90 Å². The predicted molar refractivity (Wildman–Crippen MR) is 108 cm³/mol. The Morgan fingerprint density at radius 2 is 1.63 bits per heavy atom. The molecule has 3 rings (SSSR count). The van der Waals surface area contributed by atoms with E-state index in [-0.39, 0.29) is 5.91 Å². The topological polar surface area (TPSA) is 42.0 Å². The predicted octanol–water partition coefficient (Wildman–Crippen LogP) is 3.75. The van der Waals surface area contributed by atoms with Crippen molar-refractivity contribution in [2.75, 3.05) is 44.3 Å². The third-order valence-corrected chi connectivity index (χ3v) is 4.72. The van der Waals surface area contributed by atoms with Gasteiger partial charge < -0.3 is 19.3 Å². The first-order chi connectivity index (χ1) is 13.1. The number of nitrogens with zero attached hydrogens (tertiary/aromatic N) is 2. The van der Waals surface area contributed by atoms with E-state index in [4.69, 9.17) is 9.47 Å². The summed E-state index contributed by atoms with van der Waals surface area (Å²) in [5.74, 6) is 1.35. The Hall–Kier alpha value is -2.69. The van der Waals surface area contributed by atoms with Crippen LogP contribution in [0.3, 0.4) is 0 Å². The third-order valence-electron chi connectivity index (χ3n) is 4.72. The summed E-state index contributed by atoms with van der Waals surface area (Å²) in [4.78, 5) is 17.2. The van der Waals surface area contributed by atoms with Gasteiger partial charge in [0.15, 0.2) is 11.5 Å². The zero-order valence-corrected chi connectivity index (χ0v) is 16.4. The minimum atomic E-state index is 0.0443. The number of rotatable bonds is 6. The molecule has 5 nitrogen and oxygen atoms in total. The van der Waals surface area contributed by atoms with Crippen LogP contribution in [-0.4, -0.2) is 50.2 Å². The van der Waals surface area contributed by atoms with Crippen LogP contribution in [-0.2, 0) is 0 Å². The lowest BCUT2D eigenvalue weighted by molar-refractivity contribution is 0.0746.